The summed E-state index contributed by atoms with van der Waals surface area (Å²) < 4.78 is 13.2. The van der Waals surface area contributed by atoms with Crippen molar-refractivity contribution in [2.24, 2.45) is 11.8 Å². The average Bonchev–Trinajstić information content (AvgIpc) is 2.77. The third-order valence-electron chi connectivity index (χ3n) is 8.92. The Morgan fingerprint density at radius 2 is 1.95 bits per heavy atom. The van der Waals surface area contributed by atoms with Gasteiger partial charge in [-0.3, -0.25) is 4.79 Å². The molecule has 0 saturated carbocycles. The number of phenolic OH excluding ortho intramolecular Hbond substituents is 1. The van der Waals surface area contributed by atoms with Crippen molar-refractivity contribution in [1.29, 1.82) is 0 Å². The van der Waals surface area contributed by atoms with Crippen LogP contribution >= 0.6 is 0 Å². The van der Waals surface area contributed by atoms with Gasteiger partial charge in [-0.15, -0.1) is 0 Å². The second-order valence-electron chi connectivity index (χ2n) is 13.2. The van der Waals surface area contributed by atoms with Crippen LogP contribution in [0.2, 0.25) is 18.1 Å². The van der Waals surface area contributed by atoms with E-state index >= 15 is 0 Å². The minimum absolute atomic E-state index is 0.0175. The van der Waals surface area contributed by atoms with Crippen LogP contribution in [0.15, 0.2) is 35.9 Å². The van der Waals surface area contributed by atoms with Gasteiger partial charge in [0, 0.05) is 11.5 Å². The van der Waals surface area contributed by atoms with Crippen LogP contribution in [0, 0.1) is 11.8 Å². The first-order valence-electron chi connectivity index (χ1n) is 14.5. The van der Waals surface area contributed by atoms with E-state index in [4.69, 9.17) is 9.16 Å². The van der Waals surface area contributed by atoms with Gasteiger partial charge >= 0.3 is 0 Å². The molecule has 2 aliphatic rings. The van der Waals surface area contributed by atoms with Gasteiger partial charge in [0.1, 0.15) is 17.4 Å². The number of hydrogen-bond donors (Lipinski definition) is 2. The number of carbonyl (C=O) groups is 1. The highest BCUT2D eigenvalue weighted by Crippen LogP contribution is 2.48. The zero-order chi connectivity index (χ0) is 28.4. The summed E-state index contributed by atoms with van der Waals surface area (Å²) in [4.78, 5) is 12.8. The van der Waals surface area contributed by atoms with Crippen LogP contribution in [-0.4, -0.2) is 31.7 Å². The summed E-state index contributed by atoms with van der Waals surface area (Å²) >= 11 is 0. The van der Waals surface area contributed by atoms with Gasteiger partial charge < -0.3 is 19.6 Å². The fourth-order valence-electron chi connectivity index (χ4n) is 5.51. The normalized spacial score (nSPS) is 24.8. The minimum Gasteiger partial charge on any atom is -0.507 e. The van der Waals surface area contributed by atoms with Crippen LogP contribution in [0.5, 0.6) is 11.5 Å². The van der Waals surface area contributed by atoms with E-state index < -0.39 is 20.5 Å². The highest BCUT2D eigenvalue weighted by molar-refractivity contribution is 6.74. The van der Waals surface area contributed by atoms with Gasteiger partial charge in [0.15, 0.2) is 14.5 Å². The molecule has 0 spiro atoms. The highest BCUT2D eigenvalue weighted by atomic mass is 28.4. The van der Waals surface area contributed by atoms with Gasteiger partial charge in [0.05, 0.1) is 6.10 Å². The number of aromatic hydroxyl groups is 1. The fraction of sp³-hybridized carbons (Fsp3) is 0.656. The van der Waals surface area contributed by atoms with Crippen molar-refractivity contribution < 1.29 is 19.1 Å². The second kappa shape index (κ2) is 12.0. The van der Waals surface area contributed by atoms with Gasteiger partial charge in [0.25, 0.3) is 0 Å². The number of unbranched alkanes of at least 4 members (excludes halogenated alkanes) is 2. The Morgan fingerprint density at radius 3 is 2.53 bits per heavy atom. The lowest BCUT2D eigenvalue weighted by Gasteiger charge is -2.45. The van der Waals surface area contributed by atoms with Crippen molar-refractivity contribution in [3.63, 3.8) is 0 Å². The Kier molecular flexibility index (Phi) is 9.62. The summed E-state index contributed by atoms with van der Waals surface area (Å²) in [5.41, 5.74) is 4.29. The molecule has 1 unspecified atom stereocenters. The molecule has 5 nitrogen and oxygen atoms in total. The van der Waals surface area contributed by atoms with Crippen LogP contribution in [0.3, 0.4) is 0 Å². The average molecular weight is 542 g/mol. The summed E-state index contributed by atoms with van der Waals surface area (Å²) in [6.45, 7) is 23.7. The first-order valence-corrected chi connectivity index (χ1v) is 17.4. The number of nitrogens with one attached hydrogen (secondary N) is 1. The van der Waals surface area contributed by atoms with Gasteiger partial charge in [-0.1, -0.05) is 64.3 Å². The number of β-lactam (4-membered cyclic amide) rings is 1. The van der Waals surface area contributed by atoms with E-state index in [-0.39, 0.29) is 34.6 Å². The number of phenols is 1. The molecule has 1 heterocycles. The number of allylic oxidation sites excluding steroid dienone is 3. The first-order chi connectivity index (χ1) is 17.7. The van der Waals surface area contributed by atoms with Crippen LogP contribution in [-0.2, 0) is 15.6 Å². The van der Waals surface area contributed by atoms with Gasteiger partial charge in [-0.2, -0.15) is 0 Å². The lowest BCUT2D eigenvalue weighted by molar-refractivity contribution is -0.151. The molecule has 1 saturated heterocycles. The fourth-order valence-corrected chi connectivity index (χ4v) is 6.94. The molecular formula is C32H51NO4Si. The van der Waals surface area contributed by atoms with Crippen LogP contribution < -0.4 is 10.1 Å². The largest absolute Gasteiger partial charge is 0.507 e. The Labute approximate surface area is 232 Å². The van der Waals surface area contributed by atoms with Crippen molar-refractivity contribution >= 4 is 14.2 Å². The molecule has 6 heteroatoms. The third kappa shape index (κ3) is 6.74. The molecule has 1 aromatic carbocycles. The molecule has 3 rings (SSSR count). The second-order valence-corrected chi connectivity index (χ2v) is 17.9. The molecule has 5 atom stereocenters. The van der Waals surface area contributed by atoms with Gasteiger partial charge in [-0.25, -0.2) is 0 Å². The lowest BCUT2D eigenvalue weighted by Crippen LogP contribution is -2.66. The SMILES string of the molecule is C=C(C)[C@@H]1CCC(C)=C[C@H]1c1c(O)cc(CCCCC)cc1OC1NC(=O)[C@@H]1[C@@H](C)O[Si](C)(C)C(C)(C)C. The summed E-state index contributed by atoms with van der Waals surface area (Å²) in [6.07, 6.45) is 7.76. The monoisotopic (exact) mass is 541 g/mol. The maximum Gasteiger partial charge on any atom is 0.234 e. The summed E-state index contributed by atoms with van der Waals surface area (Å²) in [7, 11) is -2.06. The summed E-state index contributed by atoms with van der Waals surface area (Å²) in [6, 6.07) is 3.99. The van der Waals surface area contributed by atoms with E-state index in [0.717, 1.165) is 55.2 Å². The summed E-state index contributed by atoms with van der Waals surface area (Å²) in [5, 5.41) is 14.4. The number of hydrogen-bond acceptors (Lipinski definition) is 4. The number of carbonyl (C=O) groups excluding carboxylic acids is 1. The topological polar surface area (TPSA) is 67.8 Å². The molecule has 2 N–H and O–H groups in total. The molecular weight excluding hydrogens is 490 g/mol. The van der Waals surface area contributed by atoms with Crippen molar-refractivity contribution in [2.75, 3.05) is 0 Å². The Bertz CT molecular complexity index is 1050. The molecule has 1 fully saturated rings. The number of ether oxygens (including phenoxy) is 1. The molecule has 212 valence electrons. The van der Waals surface area contributed by atoms with Crippen molar-refractivity contribution in [3.8, 4) is 11.5 Å². The zero-order valence-corrected chi connectivity index (χ0v) is 26.2. The molecule has 1 aromatic rings. The lowest BCUT2D eigenvalue weighted by atomic mass is 9.73. The smallest absolute Gasteiger partial charge is 0.234 e. The van der Waals surface area contributed by atoms with Crippen molar-refractivity contribution in [3.05, 3.63) is 47.1 Å². The van der Waals surface area contributed by atoms with Crippen LogP contribution in [0.4, 0.5) is 0 Å². The maximum absolute atomic E-state index is 12.8. The number of aryl methyl sites for hydroxylation is 1. The third-order valence-corrected chi connectivity index (χ3v) is 13.5. The molecule has 0 bridgehead atoms. The van der Waals surface area contributed by atoms with Gasteiger partial charge in [0.2, 0.25) is 5.91 Å². The predicted molar refractivity (Wildman–Crippen MR) is 159 cm³/mol. The summed E-state index contributed by atoms with van der Waals surface area (Å²) in [5.74, 6) is 0.696. The van der Waals surface area contributed by atoms with Crippen molar-refractivity contribution in [2.45, 2.75) is 123 Å². The Balaban J connectivity index is 1.97. The predicted octanol–water partition coefficient (Wildman–Crippen LogP) is 8.00. The maximum atomic E-state index is 12.8. The molecule has 1 aliphatic heterocycles. The number of amides is 1. The zero-order valence-electron chi connectivity index (χ0n) is 25.2. The van der Waals surface area contributed by atoms with E-state index in [1.807, 2.05) is 13.0 Å². The number of benzene rings is 1. The van der Waals surface area contributed by atoms with E-state index in [2.05, 4.69) is 78.7 Å². The Hall–Kier alpha value is -2.05. The van der Waals surface area contributed by atoms with Crippen molar-refractivity contribution in [1.82, 2.24) is 5.32 Å². The van der Waals surface area contributed by atoms with Crippen LogP contribution in [0.1, 0.15) is 97.6 Å². The highest BCUT2D eigenvalue weighted by Gasteiger charge is 2.49. The standard InChI is InChI=1S/C32H51NO4Si/c1-11-12-13-14-23-18-26(34)29(25-17-21(4)15-16-24(25)20(2)3)27(19-23)36-31-28(30(35)33-31)22(5)37-38(9,10)32(6,7)8/h17-19,22,24-25,28,31,34H,2,11-16H2,1,3-10H3,(H,33,35)/t22-,24+,25-,28+,31?/m1/s1. The molecule has 0 aromatic heterocycles. The number of rotatable bonds is 11. The van der Waals surface area contributed by atoms with Crippen LogP contribution in [0.25, 0.3) is 0 Å². The van der Waals surface area contributed by atoms with E-state index in [0.29, 0.717) is 5.75 Å². The van der Waals surface area contributed by atoms with E-state index in [1.54, 1.807) is 0 Å². The molecule has 38 heavy (non-hydrogen) atoms. The quantitative estimate of drug-likeness (QED) is 0.129. The molecule has 1 aliphatic carbocycles. The molecule has 1 amide bonds. The van der Waals surface area contributed by atoms with E-state index in [9.17, 15) is 9.90 Å². The molecule has 0 radical (unpaired) electrons. The van der Waals surface area contributed by atoms with Gasteiger partial charge in [-0.05, 0) is 88.2 Å². The first kappa shape index (κ1) is 30.5. The minimum atomic E-state index is -2.06. The van der Waals surface area contributed by atoms with E-state index in [1.165, 1.54) is 5.57 Å². The Morgan fingerprint density at radius 1 is 1.26 bits per heavy atom.